The summed E-state index contributed by atoms with van der Waals surface area (Å²) in [5.41, 5.74) is -0.527. The summed E-state index contributed by atoms with van der Waals surface area (Å²) in [5, 5.41) is 13.5. The van der Waals surface area contributed by atoms with Crippen molar-refractivity contribution < 1.29 is 14.6 Å². The molecule has 0 saturated carbocycles. The molecule has 0 aliphatic carbocycles. The first-order chi connectivity index (χ1) is 7.36. The number of ether oxygens (including phenoxy) is 1. The largest absolute Gasteiger partial charge is 0.479 e. The van der Waals surface area contributed by atoms with Gasteiger partial charge in [-0.2, -0.15) is 5.10 Å². The van der Waals surface area contributed by atoms with Crippen LogP contribution in [0.4, 0.5) is 0 Å². The molecule has 2 heterocycles. The highest BCUT2D eigenvalue weighted by atomic mass is 16.5. The number of hydrogen-bond donors (Lipinski definition) is 1. The summed E-state index contributed by atoms with van der Waals surface area (Å²) in [4.78, 5) is 11.5. The number of aliphatic carboxylic acids is 1. The Labute approximate surface area is 94.0 Å². The predicted molar refractivity (Wildman–Crippen MR) is 57.2 cm³/mol. The lowest BCUT2D eigenvalue weighted by molar-refractivity contribution is -0.148. The van der Waals surface area contributed by atoms with Crippen molar-refractivity contribution >= 4 is 5.97 Å². The summed E-state index contributed by atoms with van der Waals surface area (Å²) < 4.78 is 7.05. The summed E-state index contributed by atoms with van der Waals surface area (Å²) in [7, 11) is 0. The molecule has 1 aliphatic heterocycles. The summed E-state index contributed by atoms with van der Waals surface area (Å²) in [6.45, 7) is 5.85. The van der Waals surface area contributed by atoms with E-state index in [1.165, 1.54) is 4.68 Å². The number of hydrogen-bond acceptors (Lipinski definition) is 3. The van der Waals surface area contributed by atoms with Crippen LogP contribution in [0.5, 0.6) is 0 Å². The van der Waals surface area contributed by atoms with Crippen molar-refractivity contribution in [1.29, 1.82) is 0 Å². The minimum Gasteiger partial charge on any atom is -0.479 e. The maximum atomic E-state index is 11.5. The van der Waals surface area contributed by atoms with E-state index in [0.717, 1.165) is 5.56 Å². The fourth-order valence-corrected chi connectivity index (χ4v) is 2.15. The third-order valence-electron chi connectivity index (χ3n) is 2.97. The van der Waals surface area contributed by atoms with Crippen LogP contribution in [0.3, 0.4) is 0 Å². The van der Waals surface area contributed by atoms with Gasteiger partial charge in [-0.3, -0.25) is 4.68 Å². The van der Waals surface area contributed by atoms with Crippen LogP contribution >= 0.6 is 0 Å². The fourth-order valence-electron chi connectivity index (χ4n) is 2.15. The normalized spacial score (nSPS) is 28.2. The molecule has 1 saturated heterocycles. The summed E-state index contributed by atoms with van der Waals surface area (Å²) in [6, 6.07) is 0. The smallest absolute Gasteiger partial charge is 0.334 e. The van der Waals surface area contributed by atoms with Crippen molar-refractivity contribution in [2.24, 2.45) is 0 Å². The molecular formula is C11H16N2O3. The van der Waals surface area contributed by atoms with Crippen LogP contribution in [-0.2, 0) is 15.1 Å². The molecular weight excluding hydrogens is 208 g/mol. The van der Waals surface area contributed by atoms with E-state index < -0.39 is 17.1 Å². The first-order valence-corrected chi connectivity index (χ1v) is 5.25. The third kappa shape index (κ3) is 1.61. The Balaban J connectivity index is 2.42. The van der Waals surface area contributed by atoms with E-state index in [4.69, 9.17) is 4.74 Å². The van der Waals surface area contributed by atoms with Crippen molar-refractivity contribution in [2.75, 3.05) is 6.61 Å². The predicted octanol–water partition coefficient (Wildman–Crippen LogP) is 1.17. The molecule has 1 N–H and O–H groups in total. The second-order valence-corrected chi connectivity index (χ2v) is 5.02. The molecule has 1 aromatic rings. The van der Waals surface area contributed by atoms with Crippen molar-refractivity contribution in [3.8, 4) is 0 Å². The Hall–Kier alpha value is -1.36. The van der Waals surface area contributed by atoms with Crippen molar-refractivity contribution in [2.45, 2.75) is 38.3 Å². The third-order valence-corrected chi connectivity index (χ3v) is 2.97. The summed E-state index contributed by atoms with van der Waals surface area (Å²) >= 11 is 0. The standard InChI is InChI=1S/C11H16N2O3/c1-8-4-12-13(5-8)11(9(14)15)6-10(2,3)16-7-11/h4-5H,6-7H2,1-3H3,(H,14,15). The number of carboxylic acid groups (broad SMARTS) is 1. The molecule has 0 amide bonds. The number of carbonyl (C=O) groups is 1. The topological polar surface area (TPSA) is 64.4 Å². The van der Waals surface area contributed by atoms with E-state index >= 15 is 0 Å². The highest BCUT2D eigenvalue weighted by Crippen LogP contribution is 2.37. The zero-order valence-corrected chi connectivity index (χ0v) is 9.73. The van der Waals surface area contributed by atoms with E-state index in [1.54, 1.807) is 12.4 Å². The van der Waals surface area contributed by atoms with E-state index in [9.17, 15) is 9.90 Å². The van der Waals surface area contributed by atoms with E-state index in [-0.39, 0.29) is 6.61 Å². The Bertz CT molecular complexity index is 425. The number of nitrogens with zero attached hydrogens (tertiary/aromatic N) is 2. The van der Waals surface area contributed by atoms with Gasteiger partial charge in [-0.05, 0) is 26.3 Å². The van der Waals surface area contributed by atoms with Crippen LogP contribution in [0.2, 0.25) is 0 Å². The molecule has 5 heteroatoms. The molecule has 1 fully saturated rings. The lowest BCUT2D eigenvalue weighted by Gasteiger charge is -2.24. The zero-order valence-electron chi connectivity index (χ0n) is 9.73. The van der Waals surface area contributed by atoms with Gasteiger partial charge in [0.25, 0.3) is 0 Å². The lowest BCUT2D eigenvalue weighted by Crippen LogP contribution is -2.43. The van der Waals surface area contributed by atoms with E-state index in [1.807, 2.05) is 20.8 Å². The zero-order chi connectivity index (χ0) is 12.0. The summed E-state index contributed by atoms with van der Waals surface area (Å²) in [6.07, 6.45) is 3.84. The number of aryl methyl sites for hydroxylation is 1. The minimum absolute atomic E-state index is 0.163. The first-order valence-electron chi connectivity index (χ1n) is 5.25. The van der Waals surface area contributed by atoms with Crippen LogP contribution in [0, 0.1) is 6.92 Å². The maximum absolute atomic E-state index is 11.5. The fraction of sp³-hybridized carbons (Fsp3) is 0.636. The molecule has 0 radical (unpaired) electrons. The molecule has 5 nitrogen and oxygen atoms in total. The van der Waals surface area contributed by atoms with Crippen LogP contribution in [0.1, 0.15) is 25.8 Å². The molecule has 0 aromatic carbocycles. The lowest BCUT2D eigenvalue weighted by atomic mass is 9.90. The van der Waals surface area contributed by atoms with Crippen LogP contribution in [0.15, 0.2) is 12.4 Å². The van der Waals surface area contributed by atoms with Crippen molar-refractivity contribution in [3.05, 3.63) is 18.0 Å². The van der Waals surface area contributed by atoms with Gasteiger partial charge in [-0.25, -0.2) is 4.79 Å². The average molecular weight is 224 g/mol. The van der Waals surface area contributed by atoms with Crippen LogP contribution in [-0.4, -0.2) is 33.1 Å². The Morgan fingerprint density at radius 2 is 2.31 bits per heavy atom. The second-order valence-electron chi connectivity index (χ2n) is 5.02. The number of carboxylic acids is 1. The van der Waals surface area contributed by atoms with Crippen molar-refractivity contribution in [3.63, 3.8) is 0 Å². The van der Waals surface area contributed by atoms with Gasteiger partial charge < -0.3 is 9.84 Å². The molecule has 0 spiro atoms. The average Bonchev–Trinajstić information content (AvgIpc) is 2.70. The van der Waals surface area contributed by atoms with Crippen LogP contribution < -0.4 is 0 Å². The van der Waals surface area contributed by atoms with Crippen molar-refractivity contribution in [1.82, 2.24) is 9.78 Å². The van der Waals surface area contributed by atoms with E-state index in [2.05, 4.69) is 5.10 Å². The quantitative estimate of drug-likeness (QED) is 0.819. The SMILES string of the molecule is Cc1cnn(C2(C(=O)O)COC(C)(C)C2)c1. The number of rotatable bonds is 2. The Morgan fingerprint density at radius 3 is 2.69 bits per heavy atom. The highest BCUT2D eigenvalue weighted by molar-refractivity contribution is 5.77. The second kappa shape index (κ2) is 3.31. The van der Waals surface area contributed by atoms with E-state index in [0.29, 0.717) is 6.42 Å². The molecule has 0 bridgehead atoms. The maximum Gasteiger partial charge on any atom is 0.334 e. The van der Waals surface area contributed by atoms with Gasteiger partial charge in [0, 0.05) is 12.6 Å². The van der Waals surface area contributed by atoms with Gasteiger partial charge in [-0.15, -0.1) is 0 Å². The molecule has 2 rings (SSSR count). The number of aromatic nitrogens is 2. The molecule has 1 atom stereocenters. The molecule has 88 valence electrons. The van der Waals surface area contributed by atoms with Gasteiger partial charge in [0.1, 0.15) is 0 Å². The van der Waals surface area contributed by atoms with Gasteiger partial charge >= 0.3 is 5.97 Å². The molecule has 16 heavy (non-hydrogen) atoms. The van der Waals surface area contributed by atoms with Gasteiger partial charge in [-0.1, -0.05) is 0 Å². The Kier molecular flexibility index (Phi) is 2.31. The van der Waals surface area contributed by atoms with Gasteiger partial charge in [0.15, 0.2) is 5.54 Å². The Morgan fingerprint density at radius 1 is 1.62 bits per heavy atom. The highest BCUT2D eigenvalue weighted by Gasteiger charge is 2.52. The first kappa shape index (κ1) is 11.1. The monoisotopic (exact) mass is 224 g/mol. The van der Waals surface area contributed by atoms with Gasteiger partial charge in [0.05, 0.1) is 18.4 Å². The summed E-state index contributed by atoms with van der Waals surface area (Å²) in [5.74, 6) is -0.888. The minimum atomic E-state index is -1.06. The molecule has 1 unspecified atom stereocenters. The molecule has 1 aromatic heterocycles. The molecule has 1 aliphatic rings. The van der Waals surface area contributed by atoms with Crippen LogP contribution in [0.25, 0.3) is 0 Å². The van der Waals surface area contributed by atoms with Gasteiger partial charge in [0.2, 0.25) is 0 Å².